The van der Waals surface area contributed by atoms with Gasteiger partial charge in [-0.3, -0.25) is 0 Å². The second-order valence-electron chi connectivity index (χ2n) is 3.40. The van der Waals surface area contributed by atoms with E-state index in [1.807, 2.05) is 30.3 Å². The summed E-state index contributed by atoms with van der Waals surface area (Å²) in [6, 6.07) is 9.61. The Morgan fingerprint density at radius 2 is 1.81 bits per heavy atom. The molecule has 1 heterocycles. The second kappa shape index (κ2) is 4.92. The van der Waals surface area contributed by atoms with Crippen molar-refractivity contribution in [1.29, 1.82) is 0 Å². The lowest BCUT2D eigenvalue weighted by molar-refractivity contribution is -0.0409. The standard InChI is InChI=1S/C10H12O5S/c11-16(12)14-7-10(8-15-16)13-6-9-4-2-1-3-5-9/h1-5,10H,6-8H2. The number of hydrogen-bond donors (Lipinski definition) is 0. The highest BCUT2D eigenvalue weighted by molar-refractivity contribution is 7.81. The minimum absolute atomic E-state index is 0.00909. The molecular formula is C10H12O5S. The van der Waals surface area contributed by atoms with E-state index in [4.69, 9.17) is 4.74 Å². The Morgan fingerprint density at radius 1 is 1.19 bits per heavy atom. The van der Waals surface area contributed by atoms with Crippen LogP contribution < -0.4 is 0 Å². The summed E-state index contributed by atoms with van der Waals surface area (Å²) >= 11 is 0. The van der Waals surface area contributed by atoms with E-state index in [9.17, 15) is 8.42 Å². The van der Waals surface area contributed by atoms with Gasteiger partial charge in [-0.05, 0) is 5.56 Å². The SMILES string of the molecule is O=S1(=O)OCC(OCc2ccccc2)CO1. The molecule has 0 amide bonds. The van der Waals surface area contributed by atoms with E-state index in [0.717, 1.165) is 5.56 Å². The first-order valence-electron chi connectivity index (χ1n) is 4.85. The van der Waals surface area contributed by atoms with Crippen LogP contribution >= 0.6 is 0 Å². The van der Waals surface area contributed by atoms with Crippen molar-refractivity contribution in [2.45, 2.75) is 12.7 Å². The largest absolute Gasteiger partial charge is 0.400 e. The first kappa shape index (κ1) is 11.5. The van der Waals surface area contributed by atoms with Gasteiger partial charge in [-0.15, -0.1) is 0 Å². The summed E-state index contributed by atoms with van der Waals surface area (Å²) in [5.41, 5.74) is 1.02. The average molecular weight is 244 g/mol. The molecule has 0 saturated carbocycles. The Bertz CT molecular complexity index is 414. The molecule has 1 aliphatic rings. The molecule has 16 heavy (non-hydrogen) atoms. The highest BCUT2D eigenvalue weighted by Gasteiger charge is 2.25. The highest BCUT2D eigenvalue weighted by atomic mass is 32.3. The van der Waals surface area contributed by atoms with Crippen LogP contribution in [0.25, 0.3) is 0 Å². The summed E-state index contributed by atoms with van der Waals surface area (Å²) in [6.07, 6.45) is -0.344. The molecule has 1 aliphatic heterocycles. The molecule has 0 bridgehead atoms. The van der Waals surface area contributed by atoms with E-state index in [2.05, 4.69) is 8.37 Å². The molecule has 0 unspecified atom stereocenters. The van der Waals surface area contributed by atoms with Crippen molar-refractivity contribution in [2.75, 3.05) is 13.2 Å². The lowest BCUT2D eigenvalue weighted by Crippen LogP contribution is -2.34. The van der Waals surface area contributed by atoms with Crippen LogP contribution in [0.5, 0.6) is 0 Å². The zero-order valence-corrected chi connectivity index (χ0v) is 9.35. The Hall–Kier alpha value is -0.950. The molecule has 0 atom stereocenters. The van der Waals surface area contributed by atoms with E-state index in [1.54, 1.807) is 0 Å². The van der Waals surface area contributed by atoms with E-state index in [-0.39, 0.29) is 19.3 Å². The third-order valence-corrected chi connectivity index (χ3v) is 2.97. The molecule has 0 aromatic heterocycles. The number of hydrogen-bond acceptors (Lipinski definition) is 5. The second-order valence-corrected chi connectivity index (χ2v) is 4.68. The molecule has 5 nitrogen and oxygen atoms in total. The van der Waals surface area contributed by atoms with Crippen molar-refractivity contribution in [3.8, 4) is 0 Å². The van der Waals surface area contributed by atoms with E-state index in [1.165, 1.54) is 0 Å². The van der Waals surface area contributed by atoms with Gasteiger partial charge in [-0.25, -0.2) is 8.37 Å². The van der Waals surface area contributed by atoms with Crippen molar-refractivity contribution in [3.05, 3.63) is 35.9 Å². The van der Waals surface area contributed by atoms with Gasteiger partial charge in [0, 0.05) is 0 Å². The maximum atomic E-state index is 10.8. The minimum atomic E-state index is -3.78. The van der Waals surface area contributed by atoms with Crippen LogP contribution in [0.4, 0.5) is 0 Å². The molecule has 0 aliphatic carbocycles. The van der Waals surface area contributed by atoms with Crippen molar-refractivity contribution in [3.63, 3.8) is 0 Å². The molecule has 1 aromatic rings. The lowest BCUT2D eigenvalue weighted by atomic mass is 10.2. The topological polar surface area (TPSA) is 61.8 Å². The van der Waals surface area contributed by atoms with Crippen LogP contribution in [0.3, 0.4) is 0 Å². The Morgan fingerprint density at radius 3 is 2.44 bits per heavy atom. The number of benzene rings is 1. The summed E-state index contributed by atoms with van der Waals surface area (Å²) < 4.78 is 36.0. The maximum absolute atomic E-state index is 10.8. The molecule has 0 N–H and O–H groups in total. The van der Waals surface area contributed by atoms with E-state index < -0.39 is 10.4 Å². The molecule has 1 fully saturated rings. The predicted octanol–water partition coefficient (Wildman–Crippen LogP) is 0.863. The third-order valence-electron chi connectivity index (χ3n) is 2.13. The molecule has 2 rings (SSSR count). The number of ether oxygens (including phenoxy) is 1. The van der Waals surface area contributed by atoms with Crippen LogP contribution in [-0.2, 0) is 30.1 Å². The van der Waals surface area contributed by atoms with Gasteiger partial charge in [0.25, 0.3) is 0 Å². The fourth-order valence-corrected chi connectivity index (χ4v) is 1.99. The Balaban J connectivity index is 1.80. The lowest BCUT2D eigenvalue weighted by Gasteiger charge is -2.21. The Labute approximate surface area is 94.3 Å². The van der Waals surface area contributed by atoms with Crippen molar-refractivity contribution >= 4 is 10.4 Å². The van der Waals surface area contributed by atoms with Gasteiger partial charge in [0.05, 0.1) is 19.8 Å². The minimum Gasteiger partial charge on any atom is -0.369 e. The zero-order valence-electron chi connectivity index (χ0n) is 8.53. The molecule has 1 aromatic carbocycles. The van der Waals surface area contributed by atoms with Crippen LogP contribution in [-0.4, -0.2) is 27.7 Å². The summed E-state index contributed by atoms with van der Waals surface area (Å²) in [5.74, 6) is 0. The normalized spacial score (nSPS) is 20.8. The van der Waals surface area contributed by atoms with Gasteiger partial charge in [0.1, 0.15) is 6.10 Å². The smallest absolute Gasteiger partial charge is 0.369 e. The molecular weight excluding hydrogens is 232 g/mol. The third kappa shape index (κ3) is 3.28. The van der Waals surface area contributed by atoms with Crippen molar-refractivity contribution in [1.82, 2.24) is 0 Å². The van der Waals surface area contributed by atoms with E-state index in [0.29, 0.717) is 6.61 Å². The maximum Gasteiger partial charge on any atom is 0.400 e. The first-order valence-corrected chi connectivity index (χ1v) is 6.18. The first-order chi connectivity index (χ1) is 7.66. The summed E-state index contributed by atoms with van der Waals surface area (Å²) in [4.78, 5) is 0. The Kier molecular flexibility index (Phi) is 3.55. The summed E-state index contributed by atoms with van der Waals surface area (Å²) in [6.45, 7) is 0.433. The van der Waals surface area contributed by atoms with Crippen molar-refractivity contribution in [2.24, 2.45) is 0 Å². The van der Waals surface area contributed by atoms with Gasteiger partial charge in [-0.2, -0.15) is 8.42 Å². The fraction of sp³-hybridized carbons (Fsp3) is 0.400. The van der Waals surface area contributed by atoms with Gasteiger partial charge in [-0.1, -0.05) is 30.3 Å². The van der Waals surface area contributed by atoms with Crippen LogP contribution in [0.2, 0.25) is 0 Å². The van der Waals surface area contributed by atoms with E-state index >= 15 is 0 Å². The van der Waals surface area contributed by atoms with Gasteiger partial charge >= 0.3 is 10.4 Å². The summed E-state index contributed by atoms with van der Waals surface area (Å²) in [7, 11) is -3.78. The van der Waals surface area contributed by atoms with Gasteiger partial charge in [0.15, 0.2) is 0 Å². The molecule has 88 valence electrons. The van der Waals surface area contributed by atoms with Crippen molar-refractivity contribution < 1.29 is 21.5 Å². The monoisotopic (exact) mass is 244 g/mol. The highest BCUT2D eigenvalue weighted by Crippen LogP contribution is 2.11. The quantitative estimate of drug-likeness (QED) is 0.789. The zero-order chi connectivity index (χ0) is 11.4. The van der Waals surface area contributed by atoms with Crippen LogP contribution in [0.15, 0.2) is 30.3 Å². The molecule has 0 radical (unpaired) electrons. The summed E-state index contributed by atoms with van der Waals surface area (Å²) in [5, 5.41) is 0. The van der Waals surface area contributed by atoms with Crippen LogP contribution in [0, 0.1) is 0 Å². The predicted molar refractivity (Wildman–Crippen MR) is 55.8 cm³/mol. The van der Waals surface area contributed by atoms with Gasteiger partial charge in [0.2, 0.25) is 0 Å². The van der Waals surface area contributed by atoms with Gasteiger partial charge < -0.3 is 4.74 Å². The number of rotatable bonds is 3. The molecule has 1 saturated heterocycles. The average Bonchev–Trinajstić information content (AvgIpc) is 2.29. The molecule has 0 spiro atoms. The van der Waals surface area contributed by atoms with Crippen LogP contribution in [0.1, 0.15) is 5.56 Å². The molecule has 6 heteroatoms. The fourth-order valence-electron chi connectivity index (χ4n) is 1.29.